The molecule has 4 rings (SSSR count). The van der Waals surface area contributed by atoms with Gasteiger partial charge in [0.05, 0.1) is 0 Å². The lowest BCUT2D eigenvalue weighted by Crippen LogP contribution is -2.13. The predicted molar refractivity (Wildman–Crippen MR) is 95.4 cm³/mol. The van der Waals surface area contributed by atoms with Crippen LogP contribution in [-0.2, 0) is 12.8 Å². The van der Waals surface area contributed by atoms with Gasteiger partial charge in [-0.1, -0.05) is 12.1 Å². The Bertz CT molecular complexity index is 1000. The van der Waals surface area contributed by atoms with Gasteiger partial charge in [-0.15, -0.1) is 0 Å². The molecule has 4 nitrogen and oxygen atoms in total. The van der Waals surface area contributed by atoms with E-state index >= 15 is 0 Å². The van der Waals surface area contributed by atoms with Gasteiger partial charge in [0.2, 0.25) is 0 Å². The van der Waals surface area contributed by atoms with E-state index in [1.165, 1.54) is 30.0 Å². The molecule has 1 heterocycles. The van der Waals surface area contributed by atoms with Crippen molar-refractivity contribution in [3.05, 3.63) is 75.6 Å². The van der Waals surface area contributed by atoms with Gasteiger partial charge in [0.25, 0.3) is 0 Å². The molecule has 0 aliphatic heterocycles. The van der Waals surface area contributed by atoms with Crippen molar-refractivity contribution in [2.75, 3.05) is 6.61 Å². The lowest BCUT2D eigenvalue weighted by Gasteiger charge is -2.16. The minimum Gasteiger partial charge on any atom is -0.485 e. The predicted octanol–water partition coefficient (Wildman–Crippen LogP) is 3.93. The normalized spacial score (nSPS) is 13.4. The van der Waals surface area contributed by atoms with Gasteiger partial charge in [0.15, 0.2) is 12.4 Å². The lowest BCUT2D eigenvalue weighted by molar-refractivity contribution is 0.0921. The number of Topliss-reactive ketones (excluding diaryl/α,β-unsaturated/α-hetero) is 1. The quantitative estimate of drug-likeness (QED) is 0.536. The first-order chi connectivity index (χ1) is 12.2. The molecule has 0 bridgehead atoms. The molecule has 1 aliphatic carbocycles. The Labute approximate surface area is 145 Å². The summed E-state index contributed by atoms with van der Waals surface area (Å²) in [6.45, 7) is -0.0403. The molecule has 0 fully saturated rings. The summed E-state index contributed by atoms with van der Waals surface area (Å²) in [4.78, 5) is 23.7. The highest BCUT2D eigenvalue weighted by Gasteiger charge is 2.13. The number of hydrogen-bond donors (Lipinski definition) is 0. The monoisotopic (exact) mass is 334 g/mol. The molecule has 2 aromatic carbocycles. The number of ether oxygens (including phenoxy) is 1. The number of rotatable bonds is 4. The summed E-state index contributed by atoms with van der Waals surface area (Å²) in [6.07, 6.45) is 4.55. The van der Waals surface area contributed by atoms with Gasteiger partial charge in [0, 0.05) is 23.1 Å². The maximum atomic E-state index is 12.4. The van der Waals surface area contributed by atoms with Crippen molar-refractivity contribution >= 4 is 16.8 Å². The van der Waals surface area contributed by atoms with E-state index < -0.39 is 5.63 Å². The molecule has 0 amide bonds. The second-order valence-corrected chi connectivity index (χ2v) is 6.36. The van der Waals surface area contributed by atoms with E-state index in [9.17, 15) is 9.59 Å². The molecular formula is C21H18O4. The number of carbonyl (C=O) groups is 1. The standard InChI is InChI=1S/C21H18O4/c22-19(17-6-5-14-3-1-2-4-16(14)11-17)13-24-18-9-7-15-8-10-21(23)25-20(15)12-18/h5-12H,1-4,13H2. The van der Waals surface area contributed by atoms with Crippen molar-refractivity contribution in [3.63, 3.8) is 0 Å². The van der Waals surface area contributed by atoms with Crippen LogP contribution in [-0.4, -0.2) is 12.4 Å². The molecule has 0 saturated heterocycles. The van der Waals surface area contributed by atoms with E-state index in [0.29, 0.717) is 16.9 Å². The lowest BCUT2D eigenvalue weighted by atomic mass is 9.90. The van der Waals surface area contributed by atoms with Gasteiger partial charge in [-0.3, -0.25) is 4.79 Å². The smallest absolute Gasteiger partial charge is 0.336 e. The summed E-state index contributed by atoms with van der Waals surface area (Å²) in [5.41, 5.74) is 3.37. The zero-order valence-electron chi connectivity index (χ0n) is 13.8. The molecule has 0 N–H and O–H groups in total. The van der Waals surface area contributed by atoms with E-state index in [0.717, 1.165) is 18.2 Å². The van der Waals surface area contributed by atoms with Crippen molar-refractivity contribution in [1.82, 2.24) is 0 Å². The largest absolute Gasteiger partial charge is 0.485 e. The number of hydrogen-bond acceptors (Lipinski definition) is 4. The summed E-state index contributed by atoms with van der Waals surface area (Å²) in [6, 6.07) is 14.2. The second-order valence-electron chi connectivity index (χ2n) is 6.36. The molecular weight excluding hydrogens is 316 g/mol. The van der Waals surface area contributed by atoms with E-state index in [1.54, 1.807) is 24.3 Å². The first-order valence-electron chi connectivity index (χ1n) is 8.51. The van der Waals surface area contributed by atoms with Gasteiger partial charge < -0.3 is 9.15 Å². The van der Waals surface area contributed by atoms with E-state index in [2.05, 4.69) is 6.07 Å². The number of carbonyl (C=O) groups excluding carboxylic acids is 1. The summed E-state index contributed by atoms with van der Waals surface area (Å²) in [5, 5.41) is 0.813. The third-order valence-corrected chi connectivity index (χ3v) is 4.63. The average Bonchev–Trinajstić information content (AvgIpc) is 2.65. The average molecular weight is 334 g/mol. The third-order valence-electron chi connectivity index (χ3n) is 4.63. The SMILES string of the molecule is O=C(COc1ccc2ccc(=O)oc2c1)c1ccc2c(c1)CCCC2. The van der Waals surface area contributed by atoms with E-state index in [4.69, 9.17) is 9.15 Å². The molecule has 0 radical (unpaired) electrons. The second kappa shape index (κ2) is 6.55. The van der Waals surface area contributed by atoms with Crippen molar-refractivity contribution in [2.45, 2.75) is 25.7 Å². The molecule has 4 heteroatoms. The van der Waals surface area contributed by atoms with Crippen molar-refractivity contribution in [2.24, 2.45) is 0 Å². The fourth-order valence-electron chi connectivity index (χ4n) is 3.27. The van der Waals surface area contributed by atoms with Gasteiger partial charge in [-0.05, 0) is 61.1 Å². The zero-order chi connectivity index (χ0) is 17.2. The zero-order valence-corrected chi connectivity index (χ0v) is 13.8. The topological polar surface area (TPSA) is 56.5 Å². The molecule has 25 heavy (non-hydrogen) atoms. The number of ketones is 1. The number of benzene rings is 2. The Hall–Kier alpha value is -2.88. The first kappa shape index (κ1) is 15.6. The van der Waals surface area contributed by atoms with Crippen molar-refractivity contribution in [1.29, 1.82) is 0 Å². The van der Waals surface area contributed by atoms with Gasteiger partial charge in [0.1, 0.15) is 11.3 Å². The summed E-state index contributed by atoms with van der Waals surface area (Å²) in [5.74, 6) is 0.455. The van der Waals surface area contributed by atoms with Gasteiger partial charge in [-0.25, -0.2) is 4.79 Å². The number of fused-ring (bicyclic) bond motifs is 2. The van der Waals surface area contributed by atoms with Crippen molar-refractivity contribution in [3.8, 4) is 5.75 Å². The van der Waals surface area contributed by atoms with Crippen LogP contribution in [0.25, 0.3) is 11.0 Å². The Morgan fingerprint density at radius 1 is 0.960 bits per heavy atom. The highest BCUT2D eigenvalue weighted by atomic mass is 16.5. The fraction of sp³-hybridized carbons (Fsp3) is 0.238. The minimum absolute atomic E-state index is 0.0403. The molecule has 1 aliphatic rings. The molecule has 126 valence electrons. The molecule has 0 saturated carbocycles. The molecule has 0 atom stereocenters. The van der Waals surface area contributed by atoms with Crippen molar-refractivity contribution < 1.29 is 13.9 Å². The van der Waals surface area contributed by atoms with Gasteiger partial charge >= 0.3 is 5.63 Å². The van der Waals surface area contributed by atoms with Crippen LogP contribution in [0.15, 0.2) is 57.7 Å². The van der Waals surface area contributed by atoms with E-state index in [-0.39, 0.29) is 12.4 Å². The highest BCUT2D eigenvalue weighted by Crippen LogP contribution is 2.23. The van der Waals surface area contributed by atoms with Crippen LogP contribution < -0.4 is 10.4 Å². The Balaban J connectivity index is 1.49. The molecule has 1 aromatic heterocycles. The molecule has 0 unspecified atom stereocenters. The first-order valence-corrected chi connectivity index (χ1v) is 8.51. The van der Waals surface area contributed by atoms with Gasteiger partial charge in [-0.2, -0.15) is 0 Å². The Morgan fingerprint density at radius 3 is 2.64 bits per heavy atom. The molecule has 0 spiro atoms. The van der Waals surface area contributed by atoms with Crippen LogP contribution >= 0.6 is 0 Å². The van der Waals surface area contributed by atoms with Crippen LogP contribution in [0.5, 0.6) is 5.75 Å². The van der Waals surface area contributed by atoms with Crippen LogP contribution in [0.2, 0.25) is 0 Å². The highest BCUT2D eigenvalue weighted by molar-refractivity contribution is 5.97. The Morgan fingerprint density at radius 2 is 1.76 bits per heavy atom. The summed E-state index contributed by atoms with van der Waals surface area (Å²) >= 11 is 0. The summed E-state index contributed by atoms with van der Waals surface area (Å²) < 4.78 is 10.7. The fourth-order valence-corrected chi connectivity index (χ4v) is 3.27. The van der Waals surface area contributed by atoms with E-state index in [1.807, 2.05) is 12.1 Å². The summed E-state index contributed by atoms with van der Waals surface area (Å²) in [7, 11) is 0. The maximum Gasteiger partial charge on any atom is 0.336 e. The minimum atomic E-state index is -0.408. The maximum absolute atomic E-state index is 12.4. The molecule has 3 aromatic rings. The van der Waals surface area contributed by atoms with Crippen LogP contribution in [0.3, 0.4) is 0 Å². The van der Waals surface area contributed by atoms with Crippen LogP contribution in [0.1, 0.15) is 34.3 Å². The van der Waals surface area contributed by atoms with Crippen LogP contribution in [0.4, 0.5) is 0 Å². The van der Waals surface area contributed by atoms with Crippen LogP contribution in [0, 0.1) is 0 Å². The Kier molecular flexibility index (Phi) is 4.10. The third kappa shape index (κ3) is 3.33. The number of aryl methyl sites for hydroxylation is 2.